The second-order valence-electron chi connectivity index (χ2n) is 4.84. The van der Waals surface area contributed by atoms with E-state index in [1.807, 2.05) is 0 Å². The molecule has 1 aromatic heterocycles. The topological polar surface area (TPSA) is 68.5 Å². The third-order valence-corrected chi connectivity index (χ3v) is 3.11. The van der Waals surface area contributed by atoms with Crippen LogP contribution in [0.15, 0.2) is 40.8 Å². The minimum Gasteiger partial charge on any atom is -0.466 e. The summed E-state index contributed by atoms with van der Waals surface area (Å²) in [7, 11) is 0. The van der Waals surface area contributed by atoms with Gasteiger partial charge in [-0.25, -0.2) is 4.39 Å². The fourth-order valence-electron chi connectivity index (χ4n) is 1.98. The molecule has 1 N–H and O–H groups in total. The molecule has 0 unspecified atom stereocenters. The van der Waals surface area contributed by atoms with E-state index in [-0.39, 0.29) is 29.9 Å². The predicted molar refractivity (Wildman–Crippen MR) is 82.3 cm³/mol. The summed E-state index contributed by atoms with van der Waals surface area (Å²) in [5.74, 6) is -0.317. The van der Waals surface area contributed by atoms with Gasteiger partial charge in [-0.05, 0) is 49.7 Å². The molecular formula is C17H18FNO4. The van der Waals surface area contributed by atoms with Gasteiger partial charge in [0.15, 0.2) is 5.76 Å². The van der Waals surface area contributed by atoms with Crippen LogP contribution in [0.4, 0.5) is 4.39 Å². The standard InChI is InChI=1S/C17H18FNO4/c1-2-22-16(20)4-3-11-19-17(21)15-10-9-14(23-15)12-5-7-13(18)8-6-12/h5-10H,2-4,11H2,1H3,(H,19,21). The summed E-state index contributed by atoms with van der Waals surface area (Å²) in [6.07, 6.45) is 0.753. The van der Waals surface area contributed by atoms with Crippen molar-refractivity contribution in [3.8, 4) is 11.3 Å². The molecule has 0 aliphatic rings. The molecule has 0 radical (unpaired) electrons. The lowest BCUT2D eigenvalue weighted by molar-refractivity contribution is -0.143. The SMILES string of the molecule is CCOC(=O)CCCNC(=O)c1ccc(-c2ccc(F)cc2)o1. The molecule has 5 nitrogen and oxygen atoms in total. The first-order chi connectivity index (χ1) is 11.1. The molecule has 0 saturated heterocycles. The highest BCUT2D eigenvalue weighted by molar-refractivity contribution is 5.92. The predicted octanol–water partition coefficient (Wildman–Crippen LogP) is 3.16. The van der Waals surface area contributed by atoms with Crippen molar-refractivity contribution in [3.63, 3.8) is 0 Å². The number of benzene rings is 1. The quantitative estimate of drug-likeness (QED) is 0.629. The van der Waals surface area contributed by atoms with Crippen molar-refractivity contribution in [2.24, 2.45) is 0 Å². The number of carbonyl (C=O) groups is 2. The Balaban J connectivity index is 1.84. The summed E-state index contributed by atoms with van der Waals surface area (Å²) in [5, 5.41) is 2.67. The van der Waals surface area contributed by atoms with Crippen molar-refractivity contribution in [1.29, 1.82) is 0 Å². The van der Waals surface area contributed by atoms with Gasteiger partial charge in [0, 0.05) is 18.5 Å². The summed E-state index contributed by atoms with van der Waals surface area (Å²) < 4.78 is 23.1. The molecule has 0 saturated carbocycles. The Morgan fingerprint density at radius 2 is 1.91 bits per heavy atom. The molecule has 1 amide bonds. The van der Waals surface area contributed by atoms with Gasteiger partial charge in [-0.2, -0.15) is 0 Å². The number of ether oxygens (including phenoxy) is 1. The summed E-state index contributed by atoms with van der Waals surface area (Å²) in [6.45, 7) is 2.45. The number of nitrogens with one attached hydrogen (secondary N) is 1. The molecule has 0 aliphatic carbocycles. The first kappa shape index (κ1) is 16.7. The smallest absolute Gasteiger partial charge is 0.305 e. The second-order valence-corrected chi connectivity index (χ2v) is 4.84. The molecule has 2 rings (SSSR count). The van der Waals surface area contributed by atoms with Crippen LogP contribution in [-0.2, 0) is 9.53 Å². The van der Waals surface area contributed by atoms with Crippen LogP contribution in [0.25, 0.3) is 11.3 Å². The summed E-state index contributed by atoms with van der Waals surface area (Å²) >= 11 is 0. The van der Waals surface area contributed by atoms with Crippen molar-refractivity contribution in [2.75, 3.05) is 13.2 Å². The lowest BCUT2D eigenvalue weighted by Gasteiger charge is -2.03. The van der Waals surface area contributed by atoms with Gasteiger partial charge >= 0.3 is 5.97 Å². The van der Waals surface area contributed by atoms with Gasteiger partial charge in [0.25, 0.3) is 5.91 Å². The molecular weight excluding hydrogens is 301 g/mol. The Morgan fingerprint density at radius 3 is 2.61 bits per heavy atom. The van der Waals surface area contributed by atoms with Crippen LogP contribution in [0.1, 0.15) is 30.3 Å². The molecule has 1 aromatic carbocycles. The van der Waals surface area contributed by atoms with E-state index in [4.69, 9.17) is 9.15 Å². The molecule has 0 bridgehead atoms. The maximum Gasteiger partial charge on any atom is 0.305 e. The van der Waals surface area contributed by atoms with E-state index in [0.29, 0.717) is 30.9 Å². The highest BCUT2D eigenvalue weighted by Crippen LogP contribution is 2.22. The minimum atomic E-state index is -0.359. The minimum absolute atomic E-state index is 0.167. The summed E-state index contributed by atoms with van der Waals surface area (Å²) in [6, 6.07) is 9.02. The fourth-order valence-corrected chi connectivity index (χ4v) is 1.98. The lowest BCUT2D eigenvalue weighted by atomic mass is 10.2. The van der Waals surface area contributed by atoms with Gasteiger partial charge in [-0.3, -0.25) is 9.59 Å². The Hall–Kier alpha value is -2.63. The van der Waals surface area contributed by atoms with Gasteiger partial charge in [0.2, 0.25) is 0 Å². The Morgan fingerprint density at radius 1 is 1.17 bits per heavy atom. The van der Waals surface area contributed by atoms with E-state index in [1.54, 1.807) is 31.2 Å². The summed E-state index contributed by atoms with van der Waals surface area (Å²) in [5.41, 5.74) is 0.688. The molecule has 6 heteroatoms. The fraction of sp³-hybridized carbons (Fsp3) is 0.294. The zero-order valence-electron chi connectivity index (χ0n) is 12.8. The van der Waals surface area contributed by atoms with E-state index < -0.39 is 0 Å². The highest BCUT2D eigenvalue weighted by Gasteiger charge is 2.12. The molecule has 23 heavy (non-hydrogen) atoms. The molecule has 0 spiro atoms. The zero-order valence-corrected chi connectivity index (χ0v) is 12.8. The Kier molecular flexibility index (Phi) is 5.91. The number of carbonyl (C=O) groups excluding carboxylic acids is 2. The molecule has 0 fully saturated rings. The normalized spacial score (nSPS) is 10.3. The van der Waals surface area contributed by atoms with Crippen LogP contribution in [-0.4, -0.2) is 25.0 Å². The van der Waals surface area contributed by atoms with E-state index in [0.717, 1.165) is 0 Å². The largest absolute Gasteiger partial charge is 0.466 e. The lowest BCUT2D eigenvalue weighted by Crippen LogP contribution is -2.24. The van der Waals surface area contributed by atoms with Crippen LogP contribution in [0.3, 0.4) is 0 Å². The average molecular weight is 319 g/mol. The van der Waals surface area contributed by atoms with Crippen LogP contribution in [0.5, 0.6) is 0 Å². The highest BCUT2D eigenvalue weighted by atomic mass is 19.1. The monoisotopic (exact) mass is 319 g/mol. The van der Waals surface area contributed by atoms with Crippen LogP contribution < -0.4 is 5.32 Å². The van der Waals surface area contributed by atoms with Gasteiger partial charge < -0.3 is 14.5 Å². The van der Waals surface area contributed by atoms with Crippen LogP contribution in [0.2, 0.25) is 0 Å². The van der Waals surface area contributed by atoms with E-state index in [1.165, 1.54) is 12.1 Å². The molecule has 0 aliphatic heterocycles. The maximum absolute atomic E-state index is 12.9. The van der Waals surface area contributed by atoms with E-state index in [9.17, 15) is 14.0 Å². The first-order valence-electron chi connectivity index (χ1n) is 7.39. The van der Waals surface area contributed by atoms with E-state index >= 15 is 0 Å². The van der Waals surface area contributed by atoms with Crippen molar-refractivity contribution in [1.82, 2.24) is 5.32 Å². The molecule has 0 atom stereocenters. The molecule has 1 heterocycles. The van der Waals surface area contributed by atoms with Gasteiger partial charge in [0.1, 0.15) is 11.6 Å². The Labute approximate surface area is 133 Å². The molecule has 2 aromatic rings. The maximum atomic E-state index is 12.9. The average Bonchev–Trinajstić information content (AvgIpc) is 3.02. The number of hydrogen-bond acceptors (Lipinski definition) is 4. The number of amides is 1. The number of hydrogen-bond donors (Lipinski definition) is 1. The number of furan rings is 1. The van der Waals surface area contributed by atoms with Crippen molar-refractivity contribution < 1.29 is 23.1 Å². The first-order valence-corrected chi connectivity index (χ1v) is 7.39. The van der Waals surface area contributed by atoms with Gasteiger partial charge in [-0.1, -0.05) is 0 Å². The number of esters is 1. The third-order valence-electron chi connectivity index (χ3n) is 3.11. The van der Waals surface area contributed by atoms with Gasteiger partial charge in [-0.15, -0.1) is 0 Å². The van der Waals surface area contributed by atoms with Crippen molar-refractivity contribution in [3.05, 3.63) is 48.0 Å². The van der Waals surface area contributed by atoms with E-state index in [2.05, 4.69) is 5.32 Å². The van der Waals surface area contributed by atoms with Gasteiger partial charge in [0.05, 0.1) is 6.61 Å². The van der Waals surface area contributed by atoms with Crippen molar-refractivity contribution >= 4 is 11.9 Å². The zero-order chi connectivity index (χ0) is 16.7. The Bertz CT molecular complexity index is 663. The molecule has 122 valence electrons. The van der Waals surface area contributed by atoms with Crippen LogP contribution >= 0.6 is 0 Å². The third kappa shape index (κ3) is 4.95. The summed E-state index contributed by atoms with van der Waals surface area (Å²) in [4.78, 5) is 23.1. The number of rotatable bonds is 7. The number of halogens is 1. The van der Waals surface area contributed by atoms with Crippen molar-refractivity contribution in [2.45, 2.75) is 19.8 Å². The second kappa shape index (κ2) is 8.12. The van der Waals surface area contributed by atoms with Crippen LogP contribution in [0, 0.1) is 5.82 Å².